The van der Waals surface area contributed by atoms with Crippen molar-refractivity contribution in [3.05, 3.63) is 59.2 Å². The molecule has 0 bridgehead atoms. The second-order valence-corrected chi connectivity index (χ2v) is 5.57. The zero-order valence-electron chi connectivity index (χ0n) is 16.6. The molecule has 9 heteroatoms. The number of benzene rings is 1. The van der Waals surface area contributed by atoms with Crippen LogP contribution in [0.1, 0.15) is 30.3 Å². The van der Waals surface area contributed by atoms with E-state index in [-0.39, 0.29) is 62.8 Å². The number of hydrogen-bond donors (Lipinski definition) is 1. The van der Waals surface area contributed by atoms with Crippen LogP contribution < -0.4 is 61.9 Å². The van der Waals surface area contributed by atoms with Crippen molar-refractivity contribution in [3.8, 4) is 5.75 Å². The third kappa shape index (κ3) is 9.90. The van der Waals surface area contributed by atoms with Crippen LogP contribution in [-0.4, -0.2) is 37.8 Å². The van der Waals surface area contributed by atoms with Gasteiger partial charge in [0, 0.05) is 12.8 Å². The Morgan fingerprint density at radius 1 is 1.36 bits per heavy atom. The van der Waals surface area contributed by atoms with Gasteiger partial charge >= 0.3 is 51.4 Å². The molecule has 2 aromatic rings. The van der Waals surface area contributed by atoms with Crippen LogP contribution in [0, 0.1) is 11.6 Å². The molecule has 1 amide bonds. The van der Waals surface area contributed by atoms with Crippen LogP contribution in [0.4, 0.5) is 14.5 Å². The Morgan fingerprint density at radius 3 is 2.50 bits per heavy atom. The summed E-state index contributed by atoms with van der Waals surface area (Å²) in [6.45, 7) is 3.11. The number of primary amides is 1. The van der Waals surface area contributed by atoms with Gasteiger partial charge in [0.15, 0.2) is 11.6 Å². The fourth-order valence-electron chi connectivity index (χ4n) is 2.07. The molecule has 6 nitrogen and oxygen atoms in total. The number of nitrogens with zero attached hydrogens (tertiary/aromatic N) is 2. The molecule has 0 aliphatic carbocycles. The number of carbonyl (C=O) groups excluding carboxylic acids is 1. The zero-order valence-corrected chi connectivity index (χ0v) is 19.7. The van der Waals surface area contributed by atoms with E-state index in [2.05, 4.69) is 22.0 Å². The normalized spacial score (nSPS) is 14.4. The molecule has 0 spiro atoms. The van der Waals surface area contributed by atoms with Crippen LogP contribution in [0.3, 0.4) is 0 Å². The van der Waals surface area contributed by atoms with Gasteiger partial charge in [0.2, 0.25) is 5.82 Å². The summed E-state index contributed by atoms with van der Waals surface area (Å²) in [5, 5.41) is 3.87. The van der Waals surface area contributed by atoms with E-state index < -0.39 is 17.5 Å². The average molecular weight is 420 g/mol. The molecule has 1 aliphatic heterocycles. The van der Waals surface area contributed by atoms with Crippen LogP contribution in [0.25, 0.3) is 5.32 Å². The van der Waals surface area contributed by atoms with Gasteiger partial charge < -0.3 is 20.5 Å². The number of aromatic nitrogens is 1. The van der Waals surface area contributed by atoms with Crippen molar-refractivity contribution >= 4 is 11.6 Å². The summed E-state index contributed by atoms with van der Waals surface area (Å²) < 4.78 is 34.5. The quantitative estimate of drug-likeness (QED) is 0.751. The molecule has 0 saturated carbocycles. The van der Waals surface area contributed by atoms with E-state index in [4.69, 9.17) is 10.5 Å². The smallest absolute Gasteiger partial charge is 0.687 e. The average Bonchev–Trinajstić information content (AvgIpc) is 3.16. The van der Waals surface area contributed by atoms with Gasteiger partial charge in [-0.25, -0.2) is 4.39 Å². The summed E-state index contributed by atoms with van der Waals surface area (Å²) in [7, 11) is 2.93. The first-order chi connectivity index (χ1) is 12.9. The maximum absolute atomic E-state index is 12.5. The Bertz CT molecular complexity index is 729. The maximum atomic E-state index is 12.5. The van der Waals surface area contributed by atoms with Gasteiger partial charge in [-0.3, -0.25) is 9.78 Å². The van der Waals surface area contributed by atoms with E-state index in [1.165, 1.54) is 38.3 Å². The SMILES string of the molecule is CC1CCCO1.COc1cccc(F)c1F.C[N-]c1ccnc(C(N)=O)c1.[K+]. The van der Waals surface area contributed by atoms with Gasteiger partial charge in [-0.2, -0.15) is 4.39 Å². The summed E-state index contributed by atoms with van der Waals surface area (Å²) in [6.07, 6.45) is 4.58. The van der Waals surface area contributed by atoms with Crippen molar-refractivity contribution in [1.82, 2.24) is 4.98 Å². The fraction of sp³-hybridized carbons (Fsp3) is 0.368. The minimum absolute atomic E-state index is 0. The van der Waals surface area contributed by atoms with E-state index in [1.807, 2.05) is 0 Å². The van der Waals surface area contributed by atoms with Crippen molar-refractivity contribution in [2.75, 3.05) is 20.8 Å². The molecule has 28 heavy (non-hydrogen) atoms. The molecule has 1 saturated heterocycles. The van der Waals surface area contributed by atoms with Gasteiger partial charge in [0.25, 0.3) is 5.91 Å². The molecule has 148 valence electrons. The fourth-order valence-corrected chi connectivity index (χ4v) is 2.07. The minimum Gasteiger partial charge on any atom is -0.687 e. The number of carbonyl (C=O) groups is 1. The number of pyridine rings is 1. The Hall–Kier alpha value is -1.10. The van der Waals surface area contributed by atoms with E-state index in [0.29, 0.717) is 11.8 Å². The second kappa shape index (κ2) is 14.8. The first-order valence-corrected chi connectivity index (χ1v) is 8.34. The van der Waals surface area contributed by atoms with Crippen molar-refractivity contribution in [1.29, 1.82) is 0 Å². The second-order valence-electron chi connectivity index (χ2n) is 5.57. The number of amides is 1. The molecule has 1 aromatic carbocycles. The van der Waals surface area contributed by atoms with Crippen LogP contribution in [0.5, 0.6) is 5.75 Å². The Morgan fingerprint density at radius 2 is 2.07 bits per heavy atom. The van der Waals surface area contributed by atoms with Gasteiger partial charge in [-0.15, -0.1) is 12.7 Å². The molecule has 1 fully saturated rings. The van der Waals surface area contributed by atoms with Crippen molar-refractivity contribution < 1.29 is 74.4 Å². The Balaban J connectivity index is 0.000000398. The number of nitrogens with two attached hydrogens (primary N) is 1. The summed E-state index contributed by atoms with van der Waals surface area (Å²) in [5.41, 5.74) is 5.94. The summed E-state index contributed by atoms with van der Waals surface area (Å²) in [6, 6.07) is 7.03. The van der Waals surface area contributed by atoms with Gasteiger partial charge in [-0.05, 0) is 38.0 Å². The third-order valence-electron chi connectivity index (χ3n) is 3.55. The summed E-state index contributed by atoms with van der Waals surface area (Å²) in [5.74, 6) is -2.43. The van der Waals surface area contributed by atoms with Gasteiger partial charge in [0.05, 0.1) is 13.2 Å². The number of rotatable bonds is 3. The van der Waals surface area contributed by atoms with Crippen LogP contribution in [0.2, 0.25) is 0 Å². The van der Waals surface area contributed by atoms with E-state index in [1.54, 1.807) is 19.2 Å². The van der Waals surface area contributed by atoms with Gasteiger partial charge in [0.1, 0.15) is 5.69 Å². The first kappa shape index (κ1) is 26.9. The van der Waals surface area contributed by atoms with Gasteiger partial charge in [-0.1, -0.05) is 12.1 Å². The predicted molar refractivity (Wildman–Crippen MR) is 99.3 cm³/mol. The number of methoxy groups -OCH3 is 1. The van der Waals surface area contributed by atoms with Crippen molar-refractivity contribution in [2.24, 2.45) is 5.73 Å². The molecule has 0 radical (unpaired) electrons. The Kier molecular flexibility index (Phi) is 14.2. The van der Waals surface area contributed by atoms with E-state index >= 15 is 0 Å². The molecule has 3 rings (SSSR count). The molecule has 1 atom stereocenters. The van der Waals surface area contributed by atoms with Crippen LogP contribution in [0.15, 0.2) is 36.5 Å². The number of halogens is 2. The zero-order chi connectivity index (χ0) is 20.2. The topological polar surface area (TPSA) is 88.5 Å². The molecule has 2 heterocycles. The Labute approximate surface area is 206 Å². The third-order valence-corrected chi connectivity index (χ3v) is 3.55. The van der Waals surface area contributed by atoms with E-state index in [0.717, 1.165) is 12.7 Å². The molecular formula is C19H24F2KN3O3. The maximum Gasteiger partial charge on any atom is 1.00 e. The molecular weight excluding hydrogens is 395 g/mol. The number of ether oxygens (including phenoxy) is 2. The largest absolute Gasteiger partial charge is 1.00 e. The molecule has 1 unspecified atom stereocenters. The first-order valence-electron chi connectivity index (χ1n) is 8.34. The van der Waals surface area contributed by atoms with Crippen molar-refractivity contribution in [3.63, 3.8) is 0 Å². The monoisotopic (exact) mass is 419 g/mol. The molecule has 1 aliphatic rings. The molecule has 2 N–H and O–H groups in total. The predicted octanol–water partition coefficient (Wildman–Crippen LogP) is 0.978. The van der Waals surface area contributed by atoms with E-state index in [9.17, 15) is 13.6 Å². The summed E-state index contributed by atoms with van der Waals surface area (Å²) in [4.78, 5) is 14.3. The standard InChI is InChI=1S/C7H6F2O.C7H9N3O.C5H10O.K/c1-10-6-4-2-3-5(8)7(6)9;1-9-5-2-3-10-6(4-5)7(8)11;1-5-3-2-4-6-5;/h2-4H,1H3;2-4H,1H3,(H3,8,9,10,11);5H,2-4H2,1H3;/q;;;+1/p-1. The number of hydrogen-bond acceptors (Lipinski definition) is 4. The minimum atomic E-state index is -0.940. The molecule has 1 aromatic heterocycles. The van der Waals surface area contributed by atoms with Crippen LogP contribution in [-0.2, 0) is 4.74 Å². The summed E-state index contributed by atoms with van der Waals surface area (Å²) >= 11 is 0. The van der Waals surface area contributed by atoms with Crippen molar-refractivity contribution in [2.45, 2.75) is 25.9 Å². The van der Waals surface area contributed by atoms with Crippen LogP contribution >= 0.6 is 0 Å².